The summed E-state index contributed by atoms with van der Waals surface area (Å²) >= 11 is 5.94. The van der Waals surface area contributed by atoms with Crippen LogP contribution in [0.15, 0.2) is 18.2 Å². The van der Waals surface area contributed by atoms with E-state index in [4.69, 9.17) is 22.1 Å². The molecule has 18 heavy (non-hydrogen) atoms. The second-order valence-electron chi connectivity index (χ2n) is 3.64. The van der Waals surface area contributed by atoms with Crippen molar-refractivity contribution in [2.24, 2.45) is 5.73 Å². The van der Waals surface area contributed by atoms with Gasteiger partial charge in [-0.1, -0.05) is 17.7 Å². The van der Waals surface area contributed by atoms with Crippen molar-refractivity contribution < 1.29 is 9.53 Å². The zero-order valence-electron chi connectivity index (χ0n) is 10.2. The third kappa shape index (κ3) is 5.58. The Morgan fingerprint density at radius 1 is 1.50 bits per heavy atom. The van der Waals surface area contributed by atoms with Crippen molar-refractivity contribution in [1.29, 1.82) is 0 Å². The molecule has 0 heterocycles. The lowest BCUT2D eigenvalue weighted by molar-refractivity contribution is -0.123. The molecule has 0 spiro atoms. The molecule has 0 bridgehead atoms. The minimum absolute atomic E-state index is 0. The largest absolute Gasteiger partial charge is 0.483 e. The number of amides is 1. The normalized spacial score (nSPS) is 9.50. The van der Waals surface area contributed by atoms with Gasteiger partial charge in [-0.3, -0.25) is 4.79 Å². The van der Waals surface area contributed by atoms with E-state index in [-0.39, 0.29) is 24.9 Å². The van der Waals surface area contributed by atoms with Crippen LogP contribution in [0, 0.1) is 6.92 Å². The topological polar surface area (TPSA) is 64.3 Å². The molecule has 0 aliphatic carbocycles. The fourth-order valence-corrected chi connectivity index (χ4v) is 1.43. The van der Waals surface area contributed by atoms with Gasteiger partial charge < -0.3 is 15.8 Å². The van der Waals surface area contributed by atoms with Crippen molar-refractivity contribution in [2.75, 3.05) is 19.7 Å². The maximum atomic E-state index is 11.4. The van der Waals surface area contributed by atoms with Crippen LogP contribution in [0.5, 0.6) is 5.75 Å². The van der Waals surface area contributed by atoms with Crippen molar-refractivity contribution in [3.63, 3.8) is 0 Å². The molecule has 0 aliphatic heterocycles. The first-order valence-corrected chi connectivity index (χ1v) is 5.87. The smallest absolute Gasteiger partial charge is 0.257 e. The molecule has 0 saturated heterocycles. The van der Waals surface area contributed by atoms with E-state index < -0.39 is 0 Å². The van der Waals surface area contributed by atoms with Gasteiger partial charge in [0.1, 0.15) is 5.75 Å². The van der Waals surface area contributed by atoms with Crippen molar-refractivity contribution in [1.82, 2.24) is 5.32 Å². The van der Waals surface area contributed by atoms with Gasteiger partial charge >= 0.3 is 0 Å². The zero-order chi connectivity index (χ0) is 12.7. The Kier molecular flexibility index (Phi) is 8.54. The quantitative estimate of drug-likeness (QED) is 0.788. The molecule has 1 aromatic rings. The van der Waals surface area contributed by atoms with Gasteiger partial charge in [0.25, 0.3) is 5.91 Å². The molecule has 0 fully saturated rings. The second kappa shape index (κ2) is 9.03. The fraction of sp³-hybridized carbons (Fsp3) is 0.417. The molecule has 1 amide bonds. The van der Waals surface area contributed by atoms with E-state index in [1.54, 1.807) is 18.2 Å². The number of benzene rings is 1. The number of carbonyl (C=O) groups is 1. The Hall–Kier alpha value is -0.970. The summed E-state index contributed by atoms with van der Waals surface area (Å²) in [5, 5.41) is 3.34. The SMILES string of the molecule is Cc1c(Cl)cccc1OCC(=O)NCCCN.Cl. The number of ether oxygens (including phenoxy) is 1. The van der Waals surface area contributed by atoms with Crippen LogP contribution in [0.4, 0.5) is 0 Å². The summed E-state index contributed by atoms with van der Waals surface area (Å²) in [7, 11) is 0. The molecular weight excluding hydrogens is 275 g/mol. The zero-order valence-corrected chi connectivity index (χ0v) is 11.8. The molecule has 0 aliphatic rings. The van der Waals surface area contributed by atoms with Crippen molar-refractivity contribution in [2.45, 2.75) is 13.3 Å². The van der Waals surface area contributed by atoms with Crippen LogP contribution < -0.4 is 15.8 Å². The summed E-state index contributed by atoms with van der Waals surface area (Å²) < 4.78 is 5.38. The molecule has 0 atom stereocenters. The van der Waals surface area contributed by atoms with Gasteiger partial charge in [-0.25, -0.2) is 0 Å². The van der Waals surface area contributed by atoms with E-state index in [0.717, 1.165) is 12.0 Å². The van der Waals surface area contributed by atoms with E-state index >= 15 is 0 Å². The molecule has 102 valence electrons. The average Bonchev–Trinajstić information content (AvgIpc) is 2.31. The first kappa shape index (κ1) is 17.0. The lowest BCUT2D eigenvalue weighted by Crippen LogP contribution is -2.30. The van der Waals surface area contributed by atoms with E-state index in [2.05, 4.69) is 5.32 Å². The van der Waals surface area contributed by atoms with Crippen LogP contribution in [-0.4, -0.2) is 25.6 Å². The van der Waals surface area contributed by atoms with Gasteiger partial charge in [0.05, 0.1) is 0 Å². The molecule has 6 heteroatoms. The maximum Gasteiger partial charge on any atom is 0.257 e. The number of rotatable bonds is 6. The lowest BCUT2D eigenvalue weighted by Gasteiger charge is -2.10. The summed E-state index contributed by atoms with van der Waals surface area (Å²) in [6.07, 6.45) is 0.766. The summed E-state index contributed by atoms with van der Waals surface area (Å²) in [6.45, 7) is 2.98. The van der Waals surface area contributed by atoms with Gasteiger partial charge in [-0.2, -0.15) is 0 Å². The number of hydrogen-bond donors (Lipinski definition) is 2. The molecular formula is C12H18Cl2N2O2. The number of halogens is 2. The molecule has 4 nitrogen and oxygen atoms in total. The summed E-state index contributed by atoms with van der Waals surface area (Å²) in [5.74, 6) is 0.476. The minimum Gasteiger partial charge on any atom is -0.483 e. The van der Waals surface area contributed by atoms with Gasteiger partial charge in [-0.15, -0.1) is 12.4 Å². The van der Waals surface area contributed by atoms with E-state index in [0.29, 0.717) is 23.9 Å². The number of carbonyl (C=O) groups excluding carboxylic acids is 1. The van der Waals surface area contributed by atoms with E-state index in [1.807, 2.05) is 6.92 Å². The second-order valence-corrected chi connectivity index (χ2v) is 4.05. The Morgan fingerprint density at radius 2 is 2.22 bits per heavy atom. The monoisotopic (exact) mass is 292 g/mol. The highest BCUT2D eigenvalue weighted by Crippen LogP contribution is 2.24. The van der Waals surface area contributed by atoms with Crippen molar-refractivity contribution >= 4 is 29.9 Å². The number of nitrogens with one attached hydrogen (secondary N) is 1. The van der Waals surface area contributed by atoms with Crippen molar-refractivity contribution in [3.8, 4) is 5.75 Å². The Labute approximate surface area is 118 Å². The first-order valence-electron chi connectivity index (χ1n) is 5.50. The Bertz CT molecular complexity index is 386. The number of nitrogens with two attached hydrogens (primary N) is 1. The van der Waals surface area contributed by atoms with Crippen LogP contribution in [-0.2, 0) is 4.79 Å². The number of hydrogen-bond acceptors (Lipinski definition) is 3. The van der Waals surface area contributed by atoms with Gasteiger partial charge in [-0.05, 0) is 32.0 Å². The molecule has 0 unspecified atom stereocenters. The molecule has 0 saturated carbocycles. The van der Waals surface area contributed by atoms with Crippen LogP contribution >= 0.6 is 24.0 Å². The molecule has 0 aromatic heterocycles. The average molecular weight is 293 g/mol. The first-order chi connectivity index (χ1) is 8.15. The predicted molar refractivity (Wildman–Crippen MR) is 75.6 cm³/mol. The summed E-state index contributed by atoms with van der Waals surface area (Å²) in [4.78, 5) is 11.4. The third-order valence-electron chi connectivity index (χ3n) is 2.28. The summed E-state index contributed by atoms with van der Waals surface area (Å²) in [5.41, 5.74) is 6.16. The molecule has 3 N–H and O–H groups in total. The summed E-state index contributed by atoms with van der Waals surface area (Å²) in [6, 6.07) is 5.36. The standard InChI is InChI=1S/C12H17ClN2O2.ClH/c1-9-10(13)4-2-5-11(9)17-8-12(16)15-7-3-6-14;/h2,4-5H,3,6-8,14H2,1H3,(H,15,16);1H. The third-order valence-corrected chi connectivity index (χ3v) is 2.69. The van der Waals surface area contributed by atoms with Gasteiger partial charge in [0.15, 0.2) is 6.61 Å². The van der Waals surface area contributed by atoms with Gasteiger partial charge in [0, 0.05) is 17.1 Å². The highest BCUT2D eigenvalue weighted by atomic mass is 35.5. The Morgan fingerprint density at radius 3 is 2.89 bits per heavy atom. The van der Waals surface area contributed by atoms with Crippen molar-refractivity contribution in [3.05, 3.63) is 28.8 Å². The Balaban J connectivity index is 0.00000289. The highest BCUT2D eigenvalue weighted by Gasteiger charge is 2.06. The van der Waals surface area contributed by atoms with Crippen LogP contribution in [0.1, 0.15) is 12.0 Å². The molecule has 1 aromatic carbocycles. The fourth-order valence-electron chi connectivity index (χ4n) is 1.27. The van der Waals surface area contributed by atoms with Crippen LogP contribution in [0.3, 0.4) is 0 Å². The molecule has 0 radical (unpaired) electrons. The highest BCUT2D eigenvalue weighted by molar-refractivity contribution is 6.31. The van der Waals surface area contributed by atoms with Gasteiger partial charge in [0.2, 0.25) is 0 Å². The minimum atomic E-state index is -0.155. The molecule has 1 rings (SSSR count). The van der Waals surface area contributed by atoms with E-state index in [1.165, 1.54) is 0 Å². The van der Waals surface area contributed by atoms with Crippen LogP contribution in [0.25, 0.3) is 0 Å². The van der Waals surface area contributed by atoms with Crippen LogP contribution in [0.2, 0.25) is 5.02 Å². The van der Waals surface area contributed by atoms with E-state index in [9.17, 15) is 4.79 Å². The predicted octanol–water partition coefficient (Wildman–Crippen LogP) is 1.91. The lowest BCUT2D eigenvalue weighted by atomic mass is 10.2. The maximum absolute atomic E-state index is 11.4.